The summed E-state index contributed by atoms with van der Waals surface area (Å²) in [7, 11) is 0. The molecule has 0 aromatic heterocycles. The zero-order valence-corrected chi connectivity index (χ0v) is 13.1. The van der Waals surface area contributed by atoms with Crippen LogP contribution in [-0.4, -0.2) is 36.6 Å². The molecule has 1 heterocycles. The maximum Gasteiger partial charge on any atom is 0.227 e. The number of carbonyl (C=O) groups is 1. The first-order chi connectivity index (χ1) is 10.8. The Labute approximate surface area is 131 Å². The Morgan fingerprint density at radius 2 is 2.05 bits per heavy atom. The fourth-order valence-electron chi connectivity index (χ4n) is 3.26. The van der Waals surface area contributed by atoms with Crippen LogP contribution in [0.1, 0.15) is 25.3 Å². The van der Waals surface area contributed by atoms with Gasteiger partial charge in [-0.15, -0.1) is 0 Å². The molecule has 3 nitrogen and oxygen atoms in total. The molecule has 1 aliphatic heterocycles. The number of ether oxygens (including phenoxy) is 1. The first-order valence-electron chi connectivity index (χ1n) is 8.14. The highest BCUT2D eigenvalue weighted by Gasteiger charge is 2.24. The van der Waals surface area contributed by atoms with Crippen molar-refractivity contribution >= 4 is 16.7 Å². The average molecular weight is 297 g/mol. The lowest BCUT2D eigenvalue weighted by Gasteiger charge is -2.32. The Hall–Kier alpha value is -1.87. The molecule has 116 valence electrons. The van der Waals surface area contributed by atoms with Gasteiger partial charge in [0, 0.05) is 19.7 Å². The van der Waals surface area contributed by atoms with E-state index < -0.39 is 0 Å². The summed E-state index contributed by atoms with van der Waals surface area (Å²) in [6, 6.07) is 14.4. The van der Waals surface area contributed by atoms with E-state index in [1.807, 2.05) is 30.0 Å². The number of carbonyl (C=O) groups excluding carboxylic acids is 1. The van der Waals surface area contributed by atoms with Crippen LogP contribution in [0.4, 0.5) is 0 Å². The molecular weight excluding hydrogens is 274 g/mol. The number of fused-ring (bicyclic) bond motifs is 1. The van der Waals surface area contributed by atoms with Gasteiger partial charge in [0.15, 0.2) is 0 Å². The van der Waals surface area contributed by atoms with E-state index >= 15 is 0 Å². The normalized spacial score (nSPS) is 18.6. The third-order valence-electron chi connectivity index (χ3n) is 4.35. The van der Waals surface area contributed by atoms with E-state index in [1.54, 1.807) is 0 Å². The number of piperidine rings is 1. The van der Waals surface area contributed by atoms with Crippen molar-refractivity contribution in [1.82, 2.24) is 4.90 Å². The molecule has 1 amide bonds. The van der Waals surface area contributed by atoms with Crippen molar-refractivity contribution in [3.05, 3.63) is 48.0 Å². The molecule has 3 heteroatoms. The fraction of sp³-hybridized carbons (Fsp3) is 0.421. The van der Waals surface area contributed by atoms with E-state index in [1.165, 1.54) is 10.8 Å². The second-order valence-corrected chi connectivity index (χ2v) is 5.87. The Bertz CT molecular complexity index is 645. The van der Waals surface area contributed by atoms with Gasteiger partial charge < -0.3 is 9.64 Å². The van der Waals surface area contributed by atoms with Crippen LogP contribution in [-0.2, 0) is 16.0 Å². The van der Waals surface area contributed by atoms with Gasteiger partial charge in [-0.3, -0.25) is 4.79 Å². The Balaban J connectivity index is 1.73. The number of hydrogen-bond acceptors (Lipinski definition) is 2. The molecule has 0 saturated carbocycles. The topological polar surface area (TPSA) is 29.5 Å². The van der Waals surface area contributed by atoms with Crippen LogP contribution in [0.2, 0.25) is 0 Å². The van der Waals surface area contributed by atoms with Crippen molar-refractivity contribution in [2.45, 2.75) is 32.3 Å². The average Bonchev–Trinajstić information content (AvgIpc) is 2.56. The maximum atomic E-state index is 12.6. The van der Waals surface area contributed by atoms with Crippen molar-refractivity contribution in [1.29, 1.82) is 0 Å². The third kappa shape index (κ3) is 3.30. The van der Waals surface area contributed by atoms with Crippen LogP contribution in [0.3, 0.4) is 0 Å². The van der Waals surface area contributed by atoms with Crippen LogP contribution >= 0.6 is 0 Å². The molecular formula is C19H23NO2. The molecule has 0 N–H and O–H groups in total. The Morgan fingerprint density at radius 1 is 1.23 bits per heavy atom. The van der Waals surface area contributed by atoms with Gasteiger partial charge >= 0.3 is 0 Å². The molecule has 0 spiro atoms. The molecule has 22 heavy (non-hydrogen) atoms. The van der Waals surface area contributed by atoms with E-state index in [0.29, 0.717) is 6.42 Å². The minimum Gasteiger partial charge on any atom is -0.377 e. The quantitative estimate of drug-likeness (QED) is 0.865. The lowest BCUT2D eigenvalue weighted by Crippen LogP contribution is -2.43. The van der Waals surface area contributed by atoms with Gasteiger partial charge in [0.25, 0.3) is 0 Å². The Kier molecular flexibility index (Phi) is 4.74. The van der Waals surface area contributed by atoms with Gasteiger partial charge in [0.2, 0.25) is 5.91 Å². The van der Waals surface area contributed by atoms with Crippen LogP contribution in [0.15, 0.2) is 42.5 Å². The predicted molar refractivity (Wildman–Crippen MR) is 88.9 cm³/mol. The molecule has 1 atom stereocenters. The molecule has 0 bridgehead atoms. The van der Waals surface area contributed by atoms with E-state index in [2.05, 4.69) is 24.3 Å². The number of amides is 1. The summed E-state index contributed by atoms with van der Waals surface area (Å²) < 4.78 is 5.69. The second-order valence-electron chi connectivity index (χ2n) is 5.87. The summed E-state index contributed by atoms with van der Waals surface area (Å²) in [5, 5.41) is 2.37. The standard InChI is InChI=1S/C19H23NO2/c1-2-22-17-10-6-12-20(14-17)19(21)13-16-9-5-8-15-7-3-4-11-18(15)16/h3-5,7-9,11,17H,2,6,10,12-14H2,1H3. The molecule has 0 radical (unpaired) electrons. The summed E-state index contributed by atoms with van der Waals surface area (Å²) in [5.41, 5.74) is 1.11. The fourth-order valence-corrected chi connectivity index (χ4v) is 3.26. The predicted octanol–water partition coefficient (Wildman–Crippen LogP) is 3.41. The van der Waals surface area contributed by atoms with E-state index in [0.717, 1.165) is 38.1 Å². The highest BCUT2D eigenvalue weighted by atomic mass is 16.5. The molecule has 1 unspecified atom stereocenters. The summed E-state index contributed by atoms with van der Waals surface area (Å²) in [5.74, 6) is 0.209. The van der Waals surface area contributed by atoms with Crippen LogP contribution in [0, 0.1) is 0 Å². The van der Waals surface area contributed by atoms with Crippen molar-refractivity contribution in [2.75, 3.05) is 19.7 Å². The van der Waals surface area contributed by atoms with Crippen molar-refractivity contribution in [3.63, 3.8) is 0 Å². The summed E-state index contributed by atoms with van der Waals surface area (Å²) in [4.78, 5) is 14.6. The molecule has 1 fully saturated rings. The smallest absolute Gasteiger partial charge is 0.227 e. The van der Waals surface area contributed by atoms with E-state index in [-0.39, 0.29) is 12.0 Å². The van der Waals surface area contributed by atoms with Crippen molar-refractivity contribution in [3.8, 4) is 0 Å². The van der Waals surface area contributed by atoms with Gasteiger partial charge in [-0.05, 0) is 36.1 Å². The molecule has 2 aromatic rings. The van der Waals surface area contributed by atoms with E-state index in [9.17, 15) is 4.79 Å². The molecule has 2 aromatic carbocycles. The molecule has 0 aliphatic carbocycles. The minimum absolute atomic E-state index is 0.204. The van der Waals surface area contributed by atoms with Crippen molar-refractivity contribution in [2.24, 2.45) is 0 Å². The zero-order valence-electron chi connectivity index (χ0n) is 13.1. The van der Waals surface area contributed by atoms with Gasteiger partial charge in [-0.25, -0.2) is 0 Å². The largest absolute Gasteiger partial charge is 0.377 e. The number of hydrogen-bond donors (Lipinski definition) is 0. The highest BCUT2D eigenvalue weighted by Crippen LogP contribution is 2.21. The van der Waals surface area contributed by atoms with Crippen LogP contribution in [0.25, 0.3) is 10.8 Å². The number of nitrogens with zero attached hydrogens (tertiary/aromatic N) is 1. The molecule has 1 saturated heterocycles. The SMILES string of the molecule is CCOC1CCCN(C(=O)Cc2cccc3ccccc23)C1. The highest BCUT2D eigenvalue weighted by molar-refractivity contribution is 5.90. The van der Waals surface area contributed by atoms with Gasteiger partial charge in [0.05, 0.1) is 12.5 Å². The van der Waals surface area contributed by atoms with Crippen LogP contribution < -0.4 is 0 Å². The second kappa shape index (κ2) is 6.93. The molecule has 3 rings (SSSR count). The van der Waals surface area contributed by atoms with Gasteiger partial charge in [-0.1, -0.05) is 42.5 Å². The maximum absolute atomic E-state index is 12.6. The monoisotopic (exact) mass is 297 g/mol. The van der Waals surface area contributed by atoms with Gasteiger partial charge in [0.1, 0.15) is 0 Å². The van der Waals surface area contributed by atoms with Crippen LogP contribution in [0.5, 0.6) is 0 Å². The molecule has 1 aliphatic rings. The first kappa shape index (κ1) is 15.0. The number of benzene rings is 2. The lowest BCUT2D eigenvalue weighted by atomic mass is 10.0. The first-order valence-corrected chi connectivity index (χ1v) is 8.14. The van der Waals surface area contributed by atoms with Crippen molar-refractivity contribution < 1.29 is 9.53 Å². The minimum atomic E-state index is 0.204. The number of rotatable bonds is 4. The number of likely N-dealkylation sites (tertiary alicyclic amines) is 1. The summed E-state index contributed by atoms with van der Waals surface area (Å²) >= 11 is 0. The van der Waals surface area contributed by atoms with Gasteiger partial charge in [-0.2, -0.15) is 0 Å². The third-order valence-corrected chi connectivity index (χ3v) is 4.35. The Morgan fingerprint density at radius 3 is 2.91 bits per heavy atom. The lowest BCUT2D eigenvalue weighted by molar-refractivity contribution is -0.134. The summed E-state index contributed by atoms with van der Waals surface area (Å²) in [6.07, 6.45) is 2.77. The van der Waals surface area contributed by atoms with E-state index in [4.69, 9.17) is 4.74 Å². The zero-order chi connectivity index (χ0) is 15.4. The summed E-state index contributed by atoms with van der Waals surface area (Å²) in [6.45, 7) is 4.32.